The summed E-state index contributed by atoms with van der Waals surface area (Å²) in [5.41, 5.74) is 0. The Morgan fingerprint density at radius 2 is 2.30 bits per heavy atom. The van der Waals surface area contributed by atoms with E-state index in [1.54, 1.807) is 7.05 Å². The number of carbonyl (C=O) groups excluding carboxylic acids is 1. The summed E-state index contributed by atoms with van der Waals surface area (Å²) in [4.78, 5) is 11.1. The lowest BCUT2D eigenvalue weighted by Gasteiger charge is -2.13. The van der Waals surface area contributed by atoms with Crippen LogP contribution in [0.3, 0.4) is 0 Å². The van der Waals surface area contributed by atoms with Crippen molar-refractivity contribution in [3.8, 4) is 0 Å². The number of nitrogens with zero attached hydrogens (tertiary/aromatic N) is 2. The maximum Gasteiger partial charge on any atom is 0.245 e. The fraction of sp³-hybridized carbons (Fsp3) is 0.714. The first kappa shape index (κ1) is 9.14. The largest absolute Gasteiger partial charge is 0.273 e. The van der Waals surface area contributed by atoms with Crippen LogP contribution >= 0.6 is 0 Å². The van der Waals surface area contributed by atoms with Crippen molar-refractivity contribution in [1.29, 1.82) is 0 Å². The van der Waals surface area contributed by atoms with E-state index in [-0.39, 0.29) is 11.8 Å². The monoisotopic (exact) mass is 142 g/mol. The molecule has 0 radical (unpaired) electrons. The van der Waals surface area contributed by atoms with Crippen molar-refractivity contribution in [2.75, 3.05) is 7.05 Å². The highest BCUT2D eigenvalue weighted by Crippen LogP contribution is 2.04. The van der Waals surface area contributed by atoms with Crippen molar-refractivity contribution >= 4 is 12.6 Å². The van der Waals surface area contributed by atoms with Gasteiger partial charge in [-0.2, -0.15) is 5.10 Å². The third kappa shape index (κ3) is 2.17. The fourth-order valence-corrected chi connectivity index (χ4v) is 0.563. The number of hydrazone groups is 1. The van der Waals surface area contributed by atoms with Crippen molar-refractivity contribution in [3.05, 3.63) is 0 Å². The summed E-state index contributed by atoms with van der Waals surface area (Å²) < 4.78 is 0. The second kappa shape index (κ2) is 4.04. The van der Waals surface area contributed by atoms with Crippen LogP contribution in [0.1, 0.15) is 20.3 Å². The molecule has 0 fully saturated rings. The summed E-state index contributed by atoms with van der Waals surface area (Å²) >= 11 is 0. The van der Waals surface area contributed by atoms with Crippen LogP contribution in [0, 0.1) is 5.92 Å². The van der Waals surface area contributed by atoms with Crippen LogP contribution in [0.25, 0.3) is 0 Å². The van der Waals surface area contributed by atoms with Crippen molar-refractivity contribution in [2.24, 2.45) is 11.0 Å². The Morgan fingerprint density at radius 1 is 1.80 bits per heavy atom. The highest BCUT2D eigenvalue weighted by molar-refractivity contribution is 5.78. The SMILES string of the molecule is C=NN(C)C(=O)C(C)CC. The van der Waals surface area contributed by atoms with Crippen molar-refractivity contribution in [2.45, 2.75) is 20.3 Å². The van der Waals surface area contributed by atoms with E-state index in [1.807, 2.05) is 13.8 Å². The van der Waals surface area contributed by atoms with E-state index in [9.17, 15) is 4.79 Å². The molecule has 10 heavy (non-hydrogen) atoms. The van der Waals surface area contributed by atoms with E-state index in [2.05, 4.69) is 11.8 Å². The van der Waals surface area contributed by atoms with Gasteiger partial charge in [-0.25, -0.2) is 5.01 Å². The molecule has 3 heteroatoms. The van der Waals surface area contributed by atoms with Crippen LogP contribution in [-0.2, 0) is 4.79 Å². The second-order valence-electron chi connectivity index (χ2n) is 2.31. The van der Waals surface area contributed by atoms with Crippen molar-refractivity contribution < 1.29 is 4.79 Å². The lowest BCUT2D eigenvalue weighted by atomic mass is 10.1. The maximum atomic E-state index is 11.1. The zero-order valence-corrected chi connectivity index (χ0v) is 6.79. The Kier molecular flexibility index (Phi) is 3.69. The number of hydrogen-bond acceptors (Lipinski definition) is 2. The van der Waals surface area contributed by atoms with Crippen LogP contribution in [0.5, 0.6) is 0 Å². The normalized spacial score (nSPS) is 12.3. The highest BCUT2D eigenvalue weighted by Gasteiger charge is 2.13. The molecule has 0 rings (SSSR count). The van der Waals surface area contributed by atoms with Gasteiger partial charge in [-0.3, -0.25) is 4.79 Å². The van der Waals surface area contributed by atoms with Gasteiger partial charge in [0, 0.05) is 19.7 Å². The topological polar surface area (TPSA) is 32.7 Å². The summed E-state index contributed by atoms with van der Waals surface area (Å²) in [5, 5.41) is 4.76. The van der Waals surface area contributed by atoms with E-state index in [1.165, 1.54) is 5.01 Å². The average molecular weight is 142 g/mol. The first-order valence-corrected chi connectivity index (χ1v) is 3.37. The quantitative estimate of drug-likeness (QED) is 0.429. The predicted molar refractivity (Wildman–Crippen MR) is 41.8 cm³/mol. The molecule has 1 unspecified atom stereocenters. The van der Waals surface area contributed by atoms with E-state index >= 15 is 0 Å². The average Bonchev–Trinajstić information content (AvgIpc) is 2.00. The first-order chi connectivity index (χ1) is 4.63. The molecule has 0 aliphatic carbocycles. The fourth-order valence-electron chi connectivity index (χ4n) is 0.563. The second-order valence-corrected chi connectivity index (χ2v) is 2.31. The van der Waals surface area contributed by atoms with Gasteiger partial charge in [-0.1, -0.05) is 13.8 Å². The van der Waals surface area contributed by atoms with Gasteiger partial charge in [-0.05, 0) is 6.42 Å². The van der Waals surface area contributed by atoms with Crippen molar-refractivity contribution in [3.63, 3.8) is 0 Å². The van der Waals surface area contributed by atoms with E-state index in [4.69, 9.17) is 0 Å². The molecular formula is C7H14N2O. The molecule has 0 aliphatic rings. The van der Waals surface area contributed by atoms with Gasteiger partial charge >= 0.3 is 0 Å². The molecule has 3 nitrogen and oxygen atoms in total. The Hall–Kier alpha value is -0.860. The first-order valence-electron chi connectivity index (χ1n) is 3.37. The minimum Gasteiger partial charge on any atom is -0.273 e. The van der Waals surface area contributed by atoms with Crippen molar-refractivity contribution in [1.82, 2.24) is 5.01 Å². The summed E-state index contributed by atoms with van der Waals surface area (Å²) in [7, 11) is 1.61. The number of carbonyl (C=O) groups is 1. The number of hydrogen-bond donors (Lipinski definition) is 0. The zero-order chi connectivity index (χ0) is 8.15. The van der Waals surface area contributed by atoms with E-state index in [0.29, 0.717) is 0 Å². The molecule has 0 aliphatic heterocycles. The van der Waals surface area contributed by atoms with Gasteiger partial charge in [0.2, 0.25) is 5.91 Å². The Morgan fingerprint density at radius 3 is 2.60 bits per heavy atom. The lowest BCUT2D eigenvalue weighted by molar-refractivity contribution is -0.133. The molecule has 0 aromatic rings. The number of rotatable bonds is 3. The minimum atomic E-state index is 0.0255. The molecule has 58 valence electrons. The van der Waals surface area contributed by atoms with Gasteiger partial charge in [0.25, 0.3) is 0 Å². The maximum absolute atomic E-state index is 11.1. The highest BCUT2D eigenvalue weighted by atomic mass is 16.2. The molecule has 1 amide bonds. The Balaban J connectivity index is 3.93. The van der Waals surface area contributed by atoms with Crippen LogP contribution < -0.4 is 0 Å². The van der Waals surface area contributed by atoms with Gasteiger partial charge in [0.1, 0.15) is 0 Å². The predicted octanol–water partition coefficient (Wildman–Crippen LogP) is 1.11. The molecule has 0 heterocycles. The molecule has 1 atom stereocenters. The summed E-state index contributed by atoms with van der Waals surface area (Å²) in [5.74, 6) is 0.0769. The third-order valence-corrected chi connectivity index (χ3v) is 1.57. The third-order valence-electron chi connectivity index (χ3n) is 1.57. The van der Waals surface area contributed by atoms with Gasteiger partial charge in [0.15, 0.2) is 0 Å². The van der Waals surface area contributed by atoms with E-state index in [0.717, 1.165) is 6.42 Å². The molecule has 0 aromatic heterocycles. The van der Waals surface area contributed by atoms with E-state index < -0.39 is 0 Å². The lowest BCUT2D eigenvalue weighted by Crippen LogP contribution is -2.26. The standard InChI is InChI=1S/C7H14N2O/c1-5-6(2)7(10)9(4)8-3/h6H,3,5H2,1-2,4H3. The van der Waals surface area contributed by atoms with Crippen LogP contribution in [0.4, 0.5) is 0 Å². The molecule has 0 spiro atoms. The van der Waals surface area contributed by atoms with Crippen LogP contribution in [-0.4, -0.2) is 24.7 Å². The van der Waals surface area contributed by atoms with Gasteiger partial charge in [0.05, 0.1) is 0 Å². The summed E-state index contributed by atoms with van der Waals surface area (Å²) in [6, 6.07) is 0. The number of amides is 1. The molecule has 0 bridgehead atoms. The molecule has 0 saturated carbocycles. The van der Waals surface area contributed by atoms with Gasteiger partial charge in [-0.15, -0.1) is 0 Å². The molecule has 0 aromatic carbocycles. The molecule has 0 N–H and O–H groups in total. The zero-order valence-electron chi connectivity index (χ0n) is 6.79. The van der Waals surface area contributed by atoms with Crippen LogP contribution in [0.2, 0.25) is 0 Å². The Bertz CT molecular complexity index is 134. The summed E-state index contributed by atoms with van der Waals surface area (Å²) in [6.45, 7) is 7.10. The molecule has 0 saturated heterocycles. The smallest absolute Gasteiger partial charge is 0.245 e. The van der Waals surface area contributed by atoms with Gasteiger partial charge < -0.3 is 0 Å². The minimum absolute atomic E-state index is 0.0255. The Labute approximate surface area is 61.7 Å². The van der Waals surface area contributed by atoms with Crippen LogP contribution in [0.15, 0.2) is 5.10 Å². The molecular weight excluding hydrogens is 128 g/mol. The summed E-state index contributed by atoms with van der Waals surface area (Å²) in [6.07, 6.45) is 0.846.